The Morgan fingerprint density at radius 1 is 1.50 bits per heavy atom. The van der Waals surface area contributed by atoms with Crippen LogP contribution in [0, 0.1) is 5.82 Å². The van der Waals surface area contributed by atoms with Crippen LogP contribution >= 0.6 is 0 Å². The third kappa shape index (κ3) is 1.32. The Hall–Kier alpha value is -1.58. The normalized spacial score (nSPS) is 11.0. The first kappa shape index (κ1) is 8.99. The number of aromatic amines is 1. The van der Waals surface area contributed by atoms with Crippen molar-refractivity contribution < 1.29 is 4.39 Å². The molecule has 0 aliphatic heterocycles. The molecule has 0 radical (unpaired) electrons. The minimum absolute atomic E-state index is 0.174. The van der Waals surface area contributed by atoms with Crippen molar-refractivity contribution in [1.82, 2.24) is 9.55 Å². The third-order valence-corrected chi connectivity index (χ3v) is 2.18. The van der Waals surface area contributed by atoms with Crippen molar-refractivity contribution in [2.24, 2.45) is 0 Å². The molecule has 14 heavy (non-hydrogen) atoms. The Balaban J connectivity index is 2.73. The van der Waals surface area contributed by atoms with Crippen LogP contribution in [0.5, 0.6) is 0 Å². The molecule has 0 fully saturated rings. The van der Waals surface area contributed by atoms with E-state index in [0.717, 1.165) is 6.42 Å². The maximum Gasteiger partial charge on any atom is 0.326 e. The highest BCUT2D eigenvalue weighted by molar-refractivity contribution is 5.75. The summed E-state index contributed by atoms with van der Waals surface area (Å²) in [6.07, 6.45) is 0.851. The Morgan fingerprint density at radius 3 is 3.00 bits per heavy atom. The van der Waals surface area contributed by atoms with Gasteiger partial charge in [-0.2, -0.15) is 0 Å². The molecule has 2 aromatic rings. The molecule has 3 nitrogen and oxygen atoms in total. The topological polar surface area (TPSA) is 37.8 Å². The van der Waals surface area contributed by atoms with Crippen molar-refractivity contribution in [3.63, 3.8) is 0 Å². The number of fused-ring (bicyclic) bond motifs is 1. The first-order chi connectivity index (χ1) is 6.72. The van der Waals surface area contributed by atoms with E-state index in [2.05, 4.69) is 4.98 Å². The Kier molecular flexibility index (Phi) is 2.11. The van der Waals surface area contributed by atoms with Gasteiger partial charge in [-0.3, -0.25) is 4.57 Å². The molecule has 0 aliphatic rings. The van der Waals surface area contributed by atoms with Gasteiger partial charge in [-0.15, -0.1) is 0 Å². The fraction of sp³-hybridized carbons (Fsp3) is 0.300. The van der Waals surface area contributed by atoms with Crippen molar-refractivity contribution in [2.75, 3.05) is 0 Å². The predicted octanol–water partition coefficient (Wildman–Crippen LogP) is 1.88. The number of hydrogen-bond acceptors (Lipinski definition) is 1. The van der Waals surface area contributed by atoms with E-state index in [1.807, 2.05) is 6.92 Å². The third-order valence-electron chi connectivity index (χ3n) is 2.18. The maximum atomic E-state index is 12.9. The summed E-state index contributed by atoms with van der Waals surface area (Å²) in [4.78, 5) is 14.1. The SMILES string of the molecule is CCCn1c(=O)[nH]c2ccc(F)cc21. The van der Waals surface area contributed by atoms with E-state index in [9.17, 15) is 9.18 Å². The lowest BCUT2D eigenvalue weighted by atomic mass is 10.3. The number of nitrogens with zero attached hydrogens (tertiary/aromatic N) is 1. The maximum absolute atomic E-state index is 12.9. The second kappa shape index (κ2) is 3.29. The van der Waals surface area contributed by atoms with Gasteiger partial charge in [0.25, 0.3) is 0 Å². The molecule has 1 aromatic heterocycles. The largest absolute Gasteiger partial charge is 0.326 e. The summed E-state index contributed by atoms with van der Waals surface area (Å²) in [5, 5.41) is 0. The fourth-order valence-electron chi connectivity index (χ4n) is 1.57. The minimum atomic E-state index is -0.318. The predicted molar refractivity (Wildman–Crippen MR) is 52.8 cm³/mol. The lowest BCUT2D eigenvalue weighted by Crippen LogP contribution is -2.16. The van der Waals surface area contributed by atoms with E-state index in [-0.39, 0.29) is 11.5 Å². The van der Waals surface area contributed by atoms with Crippen LogP contribution in [0.15, 0.2) is 23.0 Å². The van der Waals surface area contributed by atoms with Crippen LogP contribution in [0.2, 0.25) is 0 Å². The molecule has 1 heterocycles. The molecule has 0 amide bonds. The van der Waals surface area contributed by atoms with E-state index in [4.69, 9.17) is 0 Å². The molecule has 2 rings (SSSR count). The molecule has 0 bridgehead atoms. The molecule has 0 atom stereocenters. The number of nitrogens with one attached hydrogen (secondary N) is 1. The van der Waals surface area contributed by atoms with Gasteiger partial charge in [-0.1, -0.05) is 6.92 Å². The van der Waals surface area contributed by atoms with Crippen LogP contribution in [-0.4, -0.2) is 9.55 Å². The molecular formula is C10H11FN2O. The number of H-pyrrole nitrogens is 1. The van der Waals surface area contributed by atoms with Gasteiger partial charge in [0.05, 0.1) is 11.0 Å². The van der Waals surface area contributed by atoms with Crippen molar-refractivity contribution in [2.45, 2.75) is 19.9 Å². The Labute approximate surface area is 80.2 Å². The van der Waals surface area contributed by atoms with E-state index in [1.54, 1.807) is 10.6 Å². The summed E-state index contributed by atoms with van der Waals surface area (Å²) >= 11 is 0. The number of imidazole rings is 1. The van der Waals surface area contributed by atoms with E-state index >= 15 is 0 Å². The molecule has 1 aromatic carbocycles. The van der Waals surface area contributed by atoms with Gasteiger partial charge in [-0.25, -0.2) is 9.18 Å². The number of aryl methyl sites for hydroxylation is 1. The van der Waals surface area contributed by atoms with Gasteiger partial charge < -0.3 is 4.98 Å². The van der Waals surface area contributed by atoms with Crippen molar-refractivity contribution in [1.29, 1.82) is 0 Å². The molecule has 0 saturated heterocycles. The van der Waals surface area contributed by atoms with E-state index in [1.165, 1.54) is 12.1 Å². The van der Waals surface area contributed by atoms with Gasteiger partial charge in [0.1, 0.15) is 5.82 Å². The first-order valence-electron chi connectivity index (χ1n) is 4.60. The quantitative estimate of drug-likeness (QED) is 0.778. The average molecular weight is 194 g/mol. The van der Waals surface area contributed by atoms with E-state index < -0.39 is 0 Å². The van der Waals surface area contributed by atoms with E-state index in [0.29, 0.717) is 17.6 Å². The number of hydrogen-bond donors (Lipinski definition) is 1. The smallest absolute Gasteiger partial charge is 0.306 e. The Morgan fingerprint density at radius 2 is 2.29 bits per heavy atom. The zero-order chi connectivity index (χ0) is 10.1. The van der Waals surface area contributed by atoms with Crippen LogP contribution in [-0.2, 0) is 6.54 Å². The second-order valence-corrected chi connectivity index (χ2v) is 3.24. The summed E-state index contributed by atoms with van der Waals surface area (Å²) in [6, 6.07) is 4.30. The fourth-order valence-corrected chi connectivity index (χ4v) is 1.57. The van der Waals surface area contributed by atoms with Crippen molar-refractivity contribution in [3.05, 3.63) is 34.5 Å². The molecule has 0 saturated carbocycles. The van der Waals surface area contributed by atoms with Crippen LogP contribution in [0.1, 0.15) is 13.3 Å². The first-order valence-corrected chi connectivity index (χ1v) is 4.60. The average Bonchev–Trinajstić information content (AvgIpc) is 2.45. The molecule has 0 unspecified atom stereocenters. The zero-order valence-corrected chi connectivity index (χ0v) is 7.88. The summed E-state index contributed by atoms with van der Waals surface area (Å²) < 4.78 is 14.5. The summed E-state index contributed by atoms with van der Waals surface area (Å²) in [7, 11) is 0. The minimum Gasteiger partial charge on any atom is -0.306 e. The molecular weight excluding hydrogens is 183 g/mol. The number of benzene rings is 1. The highest BCUT2D eigenvalue weighted by Gasteiger charge is 2.05. The highest BCUT2D eigenvalue weighted by atomic mass is 19.1. The standard InChI is InChI=1S/C10H11FN2O/c1-2-5-13-9-6-7(11)3-4-8(9)12-10(13)14/h3-4,6H,2,5H2,1H3,(H,12,14). The Bertz CT molecular complexity index is 512. The summed E-state index contributed by atoms with van der Waals surface area (Å²) in [5.41, 5.74) is 1.15. The lowest BCUT2D eigenvalue weighted by molar-refractivity contribution is 0.626. The van der Waals surface area contributed by atoms with Crippen LogP contribution < -0.4 is 5.69 Å². The van der Waals surface area contributed by atoms with Crippen LogP contribution in [0.3, 0.4) is 0 Å². The molecule has 1 N–H and O–H groups in total. The number of rotatable bonds is 2. The second-order valence-electron chi connectivity index (χ2n) is 3.24. The van der Waals surface area contributed by atoms with Gasteiger partial charge in [0.2, 0.25) is 0 Å². The van der Waals surface area contributed by atoms with Crippen LogP contribution in [0.4, 0.5) is 4.39 Å². The van der Waals surface area contributed by atoms with Gasteiger partial charge in [-0.05, 0) is 24.6 Å². The molecule has 0 spiro atoms. The van der Waals surface area contributed by atoms with Gasteiger partial charge >= 0.3 is 5.69 Å². The van der Waals surface area contributed by atoms with Crippen molar-refractivity contribution in [3.8, 4) is 0 Å². The zero-order valence-electron chi connectivity index (χ0n) is 7.88. The van der Waals surface area contributed by atoms with Gasteiger partial charge in [0, 0.05) is 6.54 Å². The molecule has 4 heteroatoms. The monoisotopic (exact) mass is 194 g/mol. The number of halogens is 1. The van der Waals surface area contributed by atoms with Gasteiger partial charge in [0.15, 0.2) is 0 Å². The molecule has 0 aliphatic carbocycles. The molecule has 74 valence electrons. The number of aromatic nitrogens is 2. The summed E-state index contributed by atoms with van der Waals surface area (Å²) in [6.45, 7) is 2.59. The summed E-state index contributed by atoms with van der Waals surface area (Å²) in [5.74, 6) is -0.318. The highest BCUT2D eigenvalue weighted by Crippen LogP contribution is 2.11. The van der Waals surface area contributed by atoms with Crippen molar-refractivity contribution >= 4 is 11.0 Å². The van der Waals surface area contributed by atoms with Crippen LogP contribution in [0.25, 0.3) is 11.0 Å². The lowest BCUT2D eigenvalue weighted by Gasteiger charge is -1.99.